The summed E-state index contributed by atoms with van der Waals surface area (Å²) in [5, 5.41) is 3.54. The second kappa shape index (κ2) is 11.1. The van der Waals surface area contributed by atoms with Gasteiger partial charge in [0.25, 0.3) is 0 Å². The fourth-order valence-corrected chi connectivity index (χ4v) is 3.90. The number of hydrogen-bond acceptors (Lipinski definition) is 3. The van der Waals surface area contributed by atoms with Crippen molar-refractivity contribution in [2.45, 2.75) is 70.6 Å². The number of rotatable bonds is 13. The van der Waals surface area contributed by atoms with E-state index in [4.69, 9.17) is 10.3 Å². The molecule has 0 aromatic heterocycles. The summed E-state index contributed by atoms with van der Waals surface area (Å²) in [6.45, 7) is 1.23. The van der Waals surface area contributed by atoms with Crippen molar-refractivity contribution >= 4 is 5.97 Å². The lowest BCUT2D eigenvalue weighted by atomic mass is 9.94. The Labute approximate surface area is 145 Å². The van der Waals surface area contributed by atoms with E-state index in [1.807, 2.05) is 0 Å². The average molecular weight is 333 g/mol. The van der Waals surface area contributed by atoms with Crippen LogP contribution in [0.5, 0.6) is 0 Å². The van der Waals surface area contributed by atoms with Crippen LogP contribution in [0.3, 0.4) is 0 Å². The van der Waals surface area contributed by atoms with Gasteiger partial charge in [0, 0.05) is 11.5 Å². The van der Waals surface area contributed by atoms with Gasteiger partial charge in [-0.05, 0) is 43.1 Å². The smallest absolute Gasteiger partial charge is 0.309 e. The molecule has 0 spiro atoms. The Morgan fingerprint density at radius 2 is 1.67 bits per heavy atom. The standard InChI is InChI=1S/C19H31N3O2/c20-22-21-12-8-6-4-2-1-3-5-7-9-13-24-19(23)18-15-16-10-11-17(18)14-16/h10-11,16-18H,1-9,12-15H2/t16-,17+,18+/m1/s1. The van der Waals surface area contributed by atoms with E-state index in [1.54, 1.807) is 0 Å². The first kappa shape index (κ1) is 18.9. The van der Waals surface area contributed by atoms with Crippen LogP contribution in [0.25, 0.3) is 10.4 Å². The van der Waals surface area contributed by atoms with Crippen molar-refractivity contribution in [3.63, 3.8) is 0 Å². The fraction of sp³-hybridized carbons (Fsp3) is 0.842. The first-order valence-corrected chi connectivity index (χ1v) is 9.67. The number of azide groups is 1. The Morgan fingerprint density at radius 3 is 2.25 bits per heavy atom. The summed E-state index contributed by atoms with van der Waals surface area (Å²) < 4.78 is 5.46. The van der Waals surface area contributed by atoms with Gasteiger partial charge in [0.05, 0.1) is 12.5 Å². The maximum atomic E-state index is 12.1. The molecule has 0 aromatic carbocycles. The molecule has 2 aliphatic carbocycles. The minimum Gasteiger partial charge on any atom is -0.465 e. The maximum Gasteiger partial charge on any atom is 0.309 e. The summed E-state index contributed by atoms with van der Waals surface area (Å²) in [4.78, 5) is 14.8. The largest absolute Gasteiger partial charge is 0.465 e. The fourth-order valence-electron chi connectivity index (χ4n) is 3.90. The number of esters is 1. The number of fused-ring (bicyclic) bond motifs is 2. The predicted molar refractivity (Wildman–Crippen MR) is 95.4 cm³/mol. The van der Waals surface area contributed by atoms with Crippen LogP contribution >= 0.6 is 0 Å². The van der Waals surface area contributed by atoms with Crippen LogP contribution in [0, 0.1) is 17.8 Å². The summed E-state index contributed by atoms with van der Waals surface area (Å²) in [6.07, 6.45) is 17.2. The molecule has 2 aliphatic rings. The molecule has 0 heterocycles. The van der Waals surface area contributed by atoms with Gasteiger partial charge < -0.3 is 4.74 Å². The molecule has 5 heteroatoms. The number of unbranched alkanes of at least 4 members (excludes halogenated alkanes) is 8. The molecule has 0 aliphatic heterocycles. The number of nitrogens with zero attached hydrogens (tertiary/aromatic N) is 3. The Morgan fingerprint density at radius 1 is 1.00 bits per heavy atom. The van der Waals surface area contributed by atoms with E-state index in [2.05, 4.69) is 22.2 Å². The molecule has 0 saturated heterocycles. The molecule has 3 atom stereocenters. The van der Waals surface area contributed by atoms with E-state index < -0.39 is 0 Å². The van der Waals surface area contributed by atoms with Crippen molar-refractivity contribution in [1.82, 2.24) is 0 Å². The molecule has 0 amide bonds. The van der Waals surface area contributed by atoms with E-state index in [-0.39, 0.29) is 11.9 Å². The number of allylic oxidation sites excluding steroid dienone is 2. The van der Waals surface area contributed by atoms with Gasteiger partial charge in [-0.15, -0.1) is 0 Å². The van der Waals surface area contributed by atoms with Gasteiger partial charge >= 0.3 is 5.97 Å². The molecule has 0 aromatic rings. The SMILES string of the molecule is [N-]=[N+]=NCCCCCCCCCCCOC(=O)[C@H]1C[C@@H]2C=C[C@H]1C2. The molecular weight excluding hydrogens is 302 g/mol. The quantitative estimate of drug-likeness (QED) is 0.110. The van der Waals surface area contributed by atoms with Gasteiger partial charge in [-0.1, -0.05) is 62.2 Å². The van der Waals surface area contributed by atoms with E-state index in [9.17, 15) is 4.79 Å². The molecule has 2 bridgehead atoms. The van der Waals surface area contributed by atoms with Crippen LogP contribution in [0.1, 0.15) is 70.6 Å². The molecule has 1 fully saturated rings. The highest BCUT2D eigenvalue weighted by Gasteiger charge is 2.40. The maximum absolute atomic E-state index is 12.1. The first-order valence-electron chi connectivity index (χ1n) is 9.67. The Bertz CT molecular complexity index is 458. The number of ether oxygens (including phenoxy) is 1. The van der Waals surface area contributed by atoms with Crippen molar-refractivity contribution in [3.05, 3.63) is 22.6 Å². The number of carbonyl (C=O) groups is 1. The molecule has 24 heavy (non-hydrogen) atoms. The zero-order valence-corrected chi connectivity index (χ0v) is 14.7. The highest BCUT2D eigenvalue weighted by molar-refractivity contribution is 5.74. The molecular formula is C19H31N3O2. The topological polar surface area (TPSA) is 75.1 Å². The Kier molecular flexibility index (Phi) is 8.75. The summed E-state index contributed by atoms with van der Waals surface area (Å²) in [7, 11) is 0. The van der Waals surface area contributed by atoms with E-state index >= 15 is 0 Å². The second-order valence-electron chi connectivity index (χ2n) is 7.19. The predicted octanol–water partition coefficient (Wildman–Crippen LogP) is 5.56. The highest BCUT2D eigenvalue weighted by atomic mass is 16.5. The van der Waals surface area contributed by atoms with Gasteiger partial charge in [0.15, 0.2) is 0 Å². The van der Waals surface area contributed by atoms with Crippen LogP contribution in [0.2, 0.25) is 0 Å². The van der Waals surface area contributed by atoms with Crippen molar-refractivity contribution in [2.24, 2.45) is 22.9 Å². The van der Waals surface area contributed by atoms with Crippen LogP contribution in [0.15, 0.2) is 17.3 Å². The van der Waals surface area contributed by atoms with E-state index in [0.29, 0.717) is 25.0 Å². The summed E-state index contributed by atoms with van der Waals surface area (Å²) in [5.74, 6) is 1.26. The van der Waals surface area contributed by atoms with Gasteiger partial charge in [0.2, 0.25) is 0 Å². The average Bonchev–Trinajstić information content (AvgIpc) is 3.22. The van der Waals surface area contributed by atoms with Gasteiger partial charge in [-0.3, -0.25) is 4.79 Å². The Balaban J connectivity index is 1.34. The lowest BCUT2D eigenvalue weighted by Gasteiger charge is -2.16. The molecule has 0 unspecified atom stereocenters. The van der Waals surface area contributed by atoms with Crippen LogP contribution in [-0.2, 0) is 9.53 Å². The number of hydrogen-bond donors (Lipinski definition) is 0. The molecule has 1 saturated carbocycles. The van der Waals surface area contributed by atoms with E-state index in [0.717, 1.165) is 38.5 Å². The van der Waals surface area contributed by atoms with Gasteiger partial charge in [0.1, 0.15) is 0 Å². The molecule has 0 radical (unpaired) electrons. The van der Waals surface area contributed by atoms with Crippen LogP contribution < -0.4 is 0 Å². The van der Waals surface area contributed by atoms with Crippen molar-refractivity contribution < 1.29 is 9.53 Å². The zero-order valence-electron chi connectivity index (χ0n) is 14.7. The third kappa shape index (κ3) is 6.56. The van der Waals surface area contributed by atoms with Crippen molar-refractivity contribution in [1.29, 1.82) is 0 Å². The third-order valence-corrected chi connectivity index (χ3v) is 5.29. The van der Waals surface area contributed by atoms with Gasteiger partial charge in [-0.2, -0.15) is 0 Å². The van der Waals surface area contributed by atoms with Crippen molar-refractivity contribution in [2.75, 3.05) is 13.2 Å². The zero-order chi connectivity index (χ0) is 17.0. The number of carbonyl (C=O) groups excluding carboxylic acids is 1. The molecule has 5 nitrogen and oxygen atoms in total. The normalized spacial score (nSPS) is 24.1. The molecule has 0 N–H and O–H groups in total. The minimum absolute atomic E-state index is 0.0348. The lowest BCUT2D eigenvalue weighted by molar-refractivity contribution is -0.149. The minimum atomic E-state index is 0.0348. The van der Waals surface area contributed by atoms with Crippen LogP contribution in [0.4, 0.5) is 0 Å². The van der Waals surface area contributed by atoms with Crippen LogP contribution in [-0.4, -0.2) is 19.1 Å². The van der Waals surface area contributed by atoms with E-state index in [1.165, 1.54) is 32.1 Å². The highest BCUT2D eigenvalue weighted by Crippen LogP contribution is 2.43. The second-order valence-corrected chi connectivity index (χ2v) is 7.19. The monoisotopic (exact) mass is 333 g/mol. The summed E-state index contributed by atoms with van der Waals surface area (Å²) >= 11 is 0. The lowest BCUT2D eigenvalue weighted by Crippen LogP contribution is -2.21. The summed E-state index contributed by atoms with van der Waals surface area (Å²) in [5.41, 5.74) is 8.17. The Hall–Kier alpha value is -1.48. The molecule has 134 valence electrons. The van der Waals surface area contributed by atoms with Crippen molar-refractivity contribution in [3.8, 4) is 0 Å². The summed E-state index contributed by atoms with van der Waals surface area (Å²) in [6, 6.07) is 0. The van der Waals surface area contributed by atoms with Gasteiger partial charge in [-0.25, -0.2) is 0 Å². The molecule has 2 rings (SSSR count). The third-order valence-electron chi connectivity index (χ3n) is 5.29. The first-order chi connectivity index (χ1) is 11.8.